The molecule has 0 spiro atoms. The summed E-state index contributed by atoms with van der Waals surface area (Å²) in [5, 5.41) is 0. The summed E-state index contributed by atoms with van der Waals surface area (Å²) >= 11 is 0. The molecule has 0 unspecified atom stereocenters. The van der Waals surface area contributed by atoms with Gasteiger partial charge in [0.25, 0.3) is 0 Å². The maximum atomic E-state index is 12.9. The maximum Gasteiger partial charge on any atom is 0.231 e. The van der Waals surface area contributed by atoms with Crippen molar-refractivity contribution < 1.29 is 19.1 Å². The Bertz CT molecular complexity index is 751. The number of benzene rings is 1. The average Bonchev–Trinajstić information content (AvgIpc) is 3.09. The van der Waals surface area contributed by atoms with Gasteiger partial charge in [-0.25, -0.2) is 0 Å². The van der Waals surface area contributed by atoms with E-state index in [-0.39, 0.29) is 30.5 Å². The van der Waals surface area contributed by atoms with Crippen molar-refractivity contribution in [2.45, 2.75) is 38.0 Å². The molecule has 2 aliphatic carbocycles. The van der Waals surface area contributed by atoms with Crippen molar-refractivity contribution in [3.8, 4) is 11.5 Å². The van der Waals surface area contributed by atoms with Gasteiger partial charge in [-0.05, 0) is 42.9 Å². The van der Waals surface area contributed by atoms with E-state index >= 15 is 0 Å². The number of hydrogen-bond donors (Lipinski definition) is 0. The van der Waals surface area contributed by atoms with Crippen molar-refractivity contribution in [2.24, 2.45) is 11.8 Å². The first kappa shape index (κ1) is 16.9. The molecule has 0 aromatic heterocycles. The highest BCUT2D eigenvalue weighted by atomic mass is 16.7. The fourth-order valence-electron chi connectivity index (χ4n) is 4.79. The highest BCUT2D eigenvalue weighted by molar-refractivity contribution is 5.84. The molecule has 27 heavy (non-hydrogen) atoms. The lowest BCUT2D eigenvalue weighted by Crippen LogP contribution is -2.52. The Labute approximate surface area is 159 Å². The smallest absolute Gasteiger partial charge is 0.231 e. The van der Waals surface area contributed by atoms with E-state index in [0.29, 0.717) is 32.1 Å². The third-order valence-corrected chi connectivity index (χ3v) is 6.54. The summed E-state index contributed by atoms with van der Waals surface area (Å²) in [6.45, 7) is 2.98. The Kier molecular flexibility index (Phi) is 4.21. The van der Waals surface area contributed by atoms with Crippen molar-refractivity contribution in [1.82, 2.24) is 9.80 Å². The van der Waals surface area contributed by atoms with E-state index in [9.17, 15) is 9.59 Å². The van der Waals surface area contributed by atoms with Crippen LogP contribution < -0.4 is 9.47 Å². The lowest BCUT2D eigenvalue weighted by molar-refractivity contribution is -0.142. The van der Waals surface area contributed by atoms with Gasteiger partial charge in [0.15, 0.2) is 11.5 Å². The van der Waals surface area contributed by atoms with Crippen LogP contribution in [0.25, 0.3) is 0 Å². The first-order chi connectivity index (χ1) is 13.2. The van der Waals surface area contributed by atoms with Crippen LogP contribution in [0.3, 0.4) is 0 Å². The van der Waals surface area contributed by atoms with Crippen molar-refractivity contribution in [3.63, 3.8) is 0 Å². The number of fused-ring (bicyclic) bond motifs is 1. The third kappa shape index (κ3) is 3.15. The molecular formula is C21H26N2O4. The van der Waals surface area contributed by atoms with Crippen molar-refractivity contribution >= 4 is 11.8 Å². The normalized spacial score (nSPS) is 27.1. The van der Waals surface area contributed by atoms with Gasteiger partial charge >= 0.3 is 0 Å². The Morgan fingerprint density at radius 2 is 1.56 bits per heavy atom. The number of nitrogens with zero attached hydrogens (tertiary/aromatic N) is 2. The van der Waals surface area contributed by atoms with Gasteiger partial charge in [0.1, 0.15) is 0 Å². The van der Waals surface area contributed by atoms with E-state index in [2.05, 4.69) is 0 Å². The van der Waals surface area contributed by atoms with Crippen LogP contribution in [-0.4, -0.2) is 54.6 Å². The van der Waals surface area contributed by atoms with E-state index in [1.165, 1.54) is 12.8 Å². The van der Waals surface area contributed by atoms with E-state index in [1.54, 1.807) is 0 Å². The van der Waals surface area contributed by atoms with E-state index in [0.717, 1.165) is 36.3 Å². The zero-order valence-corrected chi connectivity index (χ0v) is 15.6. The highest BCUT2D eigenvalue weighted by Crippen LogP contribution is 2.50. The number of hydrogen-bond acceptors (Lipinski definition) is 4. The molecule has 144 valence electrons. The Balaban J connectivity index is 1.15. The summed E-state index contributed by atoms with van der Waals surface area (Å²) in [6, 6.07) is 5.99. The Morgan fingerprint density at radius 3 is 2.30 bits per heavy atom. The van der Waals surface area contributed by atoms with Gasteiger partial charge in [0.2, 0.25) is 18.6 Å². The molecule has 0 bridgehead atoms. The fraction of sp³-hybridized carbons (Fsp3) is 0.619. The van der Waals surface area contributed by atoms with Gasteiger partial charge in [-0.15, -0.1) is 0 Å². The van der Waals surface area contributed by atoms with Gasteiger partial charge in [0.05, 0.1) is 0 Å². The summed E-state index contributed by atoms with van der Waals surface area (Å²) in [5.41, 5.74) is 1.16. The van der Waals surface area contributed by atoms with Crippen LogP contribution in [0, 0.1) is 11.8 Å². The Morgan fingerprint density at radius 1 is 0.889 bits per heavy atom. The molecule has 1 aromatic rings. The number of rotatable bonds is 3. The lowest BCUT2D eigenvalue weighted by Gasteiger charge is -2.36. The fourth-order valence-corrected chi connectivity index (χ4v) is 4.79. The lowest BCUT2D eigenvalue weighted by atomic mass is 10.1. The number of carbonyl (C=O) groups is 2. The standard InChI is InChI=1S/C21H26N2O4/c24-20(14-3-1-2-4-14)22-7-9-23(10-8-22)21(25)17-12-16(17)15-5-6-18-19(11-15)27-13-26-18/h5-6,11,14,16-17H,1-4,7-10,12-13H2/t16-,17+/m0/s1. The predicted molar refractivity (Wildman–Crippen MR) is 98.5 cm³/mol. The SMILES string of the molecule is O=C(C1CCCC1)N1CCN(C(=O)[C@@H]2C[C@H]2c2ccc3c(c2)OCO3)CC1. The van der Waals surface area contributed by atoms with Crippen LogP contribution in [0.5, 0.6) is 11.5 Å². The second-order valence-corrected chi connectivity index (χ2v) is 8.19. The zero-order valence-electron chi connectivity index (χ0n) is 15.6. The van der Waals surface area contributed by atoms with Gasteiger partial charge < -0.3 is 19.3 Å². The van der Waals surface area contributed by atoms with Crippen LogP contribution in [0.15, 0.2) is 18.2 Å². The first-order valence-electron chi connectivity index (χ1n) is 10.2. The molecule has 3 fully saturated rings. The Hall–Kier alpha value is -2.24. The molecular weight excluding hydrogens is 344 g/mol. The summed E-state index contributed by atoms with van der Waals surface area (Å²) in [6.07, 6.45) is 5.34. The molecule has 2 atom stereocenters. The minimum Gasteiger partial charge on any atom is -0.454 e. The minimum absolute atomic E-state index is 0.0717. The highest BCUT2D eigenvalue weighted by Gasteiger charge is 2.46. The van der Waals surface area contributed by atoms with E-state index < -0.39 is 0 Å². The average molecular weight is 370 g/mol. The number of carbonyl (C=O) groups excluding carboxylic acids is 2. The predicted octanol–water partition coefficient (Wildman–Crippen LogP) is 2.38. The van der Waals surface area contributed by atoms with Crippen LogP contribution in [0.4, 0.5) is 0 Å². The van der Waals surface area contributed by atoms with E-state index in [4.69, 9.17) is 9.47 Å². The molecule has 4 aliphatic rings. The summed E-state index contributed by atoms with van der Waals surface area (Å²) in [4.78, 5) is 29.4. The van der Waals surface area contributed by atoms with Crippen molar-refractivity contribution in [2.75, 3.05) is 33.0 Å². The minimum atomic E-state index is 0.0717. The summed E-state index contributed by atoms with van der Waals surface area (Å²) in [5.74, 6) is 2.70. The van der Waals surface area contributed by atoms with E-state index in [1.807, 2.05) is 28.0 Å². The van der Waals surface area contributed by atoms with Crippen molar-refractivity contribution in [3.05, 3.63) is 23.8 Å². The molecule has 0 N–H and O–H groups in total. The molecule has 1 aromatic carbocycles. The van der Waals surface area contributed by atoms with Gasteiger partial charge in [-0.1, -0.05) is 18.9 Å². The van der Waals surface area contributed by atoms with Gasteiger partial charge in [0, 0.05) is 38.0 Å². The van der Waals surface area contributed by atoms with Crippen LogP contribution >= 0.6 is 0 Å². The third-order valence-electron chi connectivity index (χ3n) is 6.54. The monoisotopic (exact) mass is 370 g/mol. The molecule has 6 nitrogen and oxygen atoms in total. The van der Waals surface area contributed by atoms with Crippen LogP contribution in [-0.2, 0) is 9.59 Å². The van der Waals surface area contributed by atoms with Gasteiger partial charge in [-0.2, -0.15) is 0 Å². The molecule has 2 heterocycles. The number of amides is 2. The second kappa shape index (κ2) is 6.73. The molecule has 6 heteroatoms. The molecule has 2 aliphatic heterocycles. The zero-order chi connectivity index (χ0) is 18.4. The number of piperazine rings is 1. The second-order valence-electron chi connectivity index (χ2n) is 8.19. The molecule has 0 radical (unpaired) electrons. The quantitative estimate of drug-likeness (QED) is 0.820. The largest absolute Gasteiger partial charge is 0.454 e. The summed E-state index contributed by atoms with van der Waals surface area (Å²) < 4.78 is 10.8. The van der Waals surface area contributed by atoms with Crippen LogP contribution in [0.1, 0.15) is 43.6 Å². The number of ether oxygens (including phenoxy) is 2. The molecule has 1 saturated heterocycles. The molecule has 5 rings (SSSR count). The molecule has 2 amide bonds. The first-order valence-corrected chi connectivity index (χ1v) is 10.2. The maximum absolute atomic E-state index is 12.9. The van der Waals surface area contributed by atoms with Gasteiger partial charge in [-0.3, -0.25) is 9.59 Å². The van der Waals surface area contributed by atoms with Crippen LogP contribution in [0.2, 0.25) is 0 Å². The molecule has 2 saturated carbocycles. The summed E-state index contributed by atoms with van der Waals surface area (Å²) in [7, 11) is 0. The topological polar surface area (TPSA) is 59.1 Å². The van der Waals surface area contributed by atoms with Crippen molar-refractivity contribution in [1.29, 1.82) is 0 Å².